The van der Waals surface area contributed by atoms with Crippen molar-refractivity contribution < 1.29 is 14.3 Å². The topological polar surface area (TPSA) is 38.8 Å². The predicted molar refractivity (Wildman–Crippen MR) is 86.4 cm³/mol. The van der Waals surface area contributed by atoms with Gasteiger partial charge in [0, 0.05) is 13.1 Å². The molecule has 4 nitrogen and oxygen atoms in total. The number of unbranched alkanes of at least 4 members (excludes halogenated alkanes) is 1. The Morgan fingerprint density at radius 2 is 1.81 bits per heavy atom. The molecule has 118 valence electrons. The Morgan fingerprint density at radius 3 is 2.29 bits per heavy atom. The van der Waals surface area contributed by atoms with Crippen LogP contribution in [0.25, 0.3) is 0 Å². The van der Waals surface area contributed by atoms with Gasteiger partial charge >= 0.3 is 0 Å². The molecule has 0 N–H and O–H groups in total. The third-order valence-corrected chi connectivity index (χ3v) is 3.52. The van der Waals surface area contributed by atoms with Crippen molar-refractivity contribution in [2.45, 2.75) is 53.1 Å². The lowest BCUT2D eigenvalue weighted by Crippen LogP contribution is -2.50. The summed E-state index contributed by atoms with van der Waals surface area (Å²) in [6.45, 7) is 9.86. The minimum atomic E-state index is -0.817. The number of methoxy groups -OCH3 is 1. The number of hydrogen-bond acceptors (Lipinski definition) is 3. The van der Waals surface area contributed by atoms with Gasteiger partial charge in [-0.3, -0.25) is 4.79 Å². The molecule has 2 rings (SSSR count). The van der Waals surface area contributed by atoms with E-state index in [9.17, 15) is 4.79 Å². The molecule has 1 aliphatic heterocycles. The largest absolute Gasteiger partial charge is 0.496 e. The van der Waals surface area contributed by atoms with E-state index in [1.54, 1.807) is 32.9 Å². The Balaban J connectivity index is 0.000000491. The number of likely N-dealkylation sites (N-methyl/N-ethyl adjacent to an activating group) is 1. The predicted octanol–water partition coefficient (Wildman–Crippen LogP) is 3.94. The van der Waals surface area contributed by atoms with E-state index < -0.39 is 5.60 Å². The second-order valence-corrected chi connectivity index (χ2v) is 5.77. The van der Waals surface area contributed by atoms with Crippen molar-refractivity contribution >= 4 is 11.6 Å². The lowest BCUT2D eigenvalue weighted by Gasteiger charge is -2.37. The summed E-state index contributed by atoms with van der Waals surface area (Å²) in [5.41, 5.74) is 0.921. The number of carbonyl (C=O) groups excluding carboxylic acids is 1. The van der Waals surface area contributed by atoms with Crippen LogP contribution in [-0.2, 0) is 4.79 Å². The number of anilines is 1. The van der Waals surface area contributed by atoms with Crippen molar-refractivity contribution in [1.82, 2.24) is 0 Å². The second-order valence-electron chi connectivity index (χ2n) is 5.77. The summed E-state index contributed by atoms with van der Waals surface area (Å²) in [7, 11) is 3.37. The molecule has 0 unspecified atom stereocenters. The molecule has 0 bridgehead atoms. The van der Waals surface area contributed by atoms with Crippen LogP contribution in [0.2, 0.25) is 0 Å². The number of hydrogen-bond donors (Lipinski definition) is 0. The van der Waals surface area contributed by atoms with Crippen molar-refractivity contribution in [2.24, 2.45) is 0 Å². The Labute approximate surface area is 128 Å². The average molecular weight is 293 g/mol. The van der Waals surface area contributed by atoms with E-state index in [1.807, 2.05) is 19.1 Å². The highest BCUT2D eigenvalue weighted by Gasteiger charge is 2.39. The van der Waals surface area contributed by atoms with E-state index in [2.05, 4.69) is 13.8 Å². The van der Waals surface area contributed by atoms with Gasteiger partial charge in [-0.25, -0.2) is 0 Å². The lowest BCUT2D eigenvalue weighted by molar-refractivity contribution is -0.132. The van der Waals surface area contributed by atoms with Crippen LogP contribution in [0.1, 0.15) is 46.1 Å². The standard InChI is InChI=1S/C13H17NO3.C4H10/c1-8-6-11-9(7-10(8)16-5)14(4)12(15)13(2,3)17-11;1-3-4-2/h6-7H,1-5H3;3-4H2,1-2H3. The summed E-state index contributed by atoms with van der Waals surface area (Å²) in [5, 5.41) is 0. The van der Waals surface area contributed by atoms with Crippen molar-refractivity contribution in [3.05, 3.63) is 17.7 Å². The van der Waals surface area contributed by atoms with Gasteiger partial charge in [-0.2, -0.15) is 0 Å². The zero-order chi connectivity index (χ0) is 16.2. The number of aryl methyl sites for hydroxylation is 1. The van der Waals surface area contributed by atoms with E-state index in [1.165, 1.54) is 12.8 Å². The quantitative estimate of drug-likeness (QED) is 0.829. The van der Waals surface area contributed by atoms with Gasteiger partial charge in [0.05, 0.1) is 12.8 Å². The molecule has 1 aliphatic rings. The molecular formula is C17H27NO3. The first-order chi connectivity index (χ1) is 9.78. The Morgan fingerprint density at radius 1 is 1.24 bits per heavy atom. The fourth-order valence-electron chi connectivity index (χ4n) is 2.05. The van der Waals surface area contributed by atoms with Crippen molar-refractivity contribution in [3.63, 3.8) is 0 Å². The molecule has 0 fully saturated rings. The maximum atomic E-state index is 12.1. The van der Waals surface area contributed by atoms with Gasteiger partial charge in [0.1, 0.15) is 11.5 Å². The van der Waals surface area contributed by atoms with Crippen LogP contribution in [0.15, 0.2) is 12.1 Å². The summed E-state index contributed by atoms with van der Waals surface area (Å²) >= 11 is 0. The molecule has 1 aromatic rings. The van der Waals surface area contributed by atoms with E-state index >= 15 is 0 Å². The van der Waals surface area contributed by atoms with Gasteiger partial charge in [0.2, 0.25) is 0 Å². The Bertz CT molecular complexity index is 507. The smallest absolute Gasteiger partial charge is 0.270 e. The van der Waals surface area contributed by atoms with Gasteiger partial charge in [-0.15, -0.1) is 0 Å². The maximum Gasteiger partial charge on any atom is 0.270 e. The van der Waals surface area contributed by atoms with Gasteiger partial charge in [0.15, 0.2) is 5.60 Å². The highest BCUT2D eigenvalue weighted by molar-refractivity contribution is 6.02. The van der Waals surface area contributed by atoms with Crippen LogP contribution in [0.4, 0.5) is 5.69 Å². The van der Waals surface area contributed by atoms with E-state index in [0.717, 1.165) is 22.7 Å². The molecule has 1 heterocycles. The summed E-state index contributed by atoms with van der Waals surface area (Å²) in [6.07, 6.45) is 2.64. The zero-order valence-electron chi connectivity index (χ0n) is 14.2. The molecular weight excluding hydrogens is 266 g/mol. The molecule has 1 amide bonds. The molecule has 0 spiro atoms. The van der Waals surface area contributed by atoms with E-state index in [0.29, 0.717) is 0 Å². The molecule has 0 saturated heterocycles. The van der Waals surface area contributed by atoms with Crippen molar-refractivity contribution in [2.75, 3.05) is 19.1 Å². The Hall–Kier alpha value is -1.71. The average Bonchev–Trinajstić information content (AvgIpc) is 2.44. The number of amides is 1. The number of fused-ring (bicyclic) bond motifs is 1. The molecule has 0 aromatic heterocycles. The normalized spacial score (nSPS) is 15.6. The number of rotatable bonds is 2. The summed E-state index contributed by atoms with van der Waals surface area (Å²) in [5.74, 6) is 1.41. The molecule has 4 heteroatoms. The van der Waals surface area contributed by atoms with Crippen LogP contribution < -0.4 is 14.4 Å². The molecule has 0 radical (unpaired) electrons. The fraction of sp³-hybridized carbons (Fsp3) is 0.588. The van der Waals surface area contributed by atoms with Gasteiger partial charge < -0.3 is 14.4 Å². The first-order valence-corrected chi connectivity index (χ1v) is 7.44. The van der Waals surface area contributed by atoms with Crippen LogP contribution in [0.3, 0.4) is 0 Å². The third-order valence-electron chi connectivity index (χ3n) is 3.52. The van der Waals surface area contributed by atoms with Gasteiger partial charge in [0.25, 0.3) is 5.91 Å². The highest BCUT2D eigenvalue weighted by Crippen LogP contribution is 2.40. The summed E-state index contributed by atoms with van der Waals surface area (Å²) < 4.78 is 11.0. The number of nitrogens with zero attached hydrogens (tertiary/aromatic N) is 1. The second kappa shape index (κ2) is 6.83. The van der Waals surface area contributed by atoms with Gasteiger partial charge in [-0.05, 0) is 32.4 Å². The highest BCUT2D eigenvalue weighted by atomic mass is 16.5. The summed E-state index contributed by atoms with van der Waals surface area (Å²) in [6, 6.07) is 3.73. The monoisotopic (exact) mass is 293 g/mol. The SMILES string of the molecule is CCCC.COc1cc2c(cc1C)OC(C)(C)C(=O)N2C. The summed E-state index contributed by atoms with van der Waals surface area (Å²) in [4.78, 5) is 13.7. The molecule has 1 aromatic carbocycles. The van der Waals surface area contributed by atoms with Crippen LogP contribution >= 0.6 is 0 Å². The number of ether oxygens (including phenoxy) is 2. The number of benzene rings is 1. The first-order valence-electron chi connectivity index (χ1n) is 7.44. The van der Waals surface area contributed by atoms with Crippen LogP contribution in [0.5, 0.6) is 11.5 Å². The lowest BCUT2D eigenvalue weighted by atomic mass is 10.0. The number of carbonyl (C=O) groups is 1. The molecule has 0 aliphatic carbocycles. The Kier molecular flexibility index (Phi) is 5.64. The zero-order valence-corrected chi connectivity index (χ0v) is 14.2. The van der Waals surface area contributed by atoms with Crippen LogP contribution in [0, 0.1) is 6.92 Å². The molecule has 0 atom stereocenters. The van der Waals surface area contributed by atoms with E-state index in [-0.39, 0.29) is 5.91 Å². The van der Waals surface area contributed by atoms with Crippen molar-refractivity contribution in [3.8, 4) is 11.5 Å². The minimum absolute atomic E-state index is 0.0593. The van der Waals surface area contributed by atoms with E-state index in [4.69, 9.17) is 9.47 Å². The third kappa shape index (κ3) is 3.69. The fourth-order valence-corrected chi connectivity index (χ4v) is 2.05. The maximum absolute atomic E-state index is 12.1. The first kappa shape index (κ1) is 17.3. The van der Waals surface area contributed by atoms with Gasteiger partial charge in [-0.1, -0.05) is 26.7 Å². The molecule has 0 saturated carbocycles. The molecule has 21 heavy (non-hydrogen) atoms. The minimum Gasteiger partial charge on any atom is -0.496 e. The van der Waals surface area contributed by atoms with Crippen LogP contribution in [-0.4, -0.2) is 25.7 Å². The van der Waals surface area contributed by atoms with Crippen molar-refractivity contribution in [1.29, 1.82) is 0 Å².